The van der Waals surface area contributed by atoms with Gasteiger partial charge in [-0.05, 0) is 79.4 Å². The number of hydrogen-bond acceptors (Lipinski definition) is 7. The lowest BCUT2D eigenvalue weighted by molar-refractivity contribution is -0.132. The Labute approximate surface area is 244 Å². The number of amides is 1. The van der Waals surface area contributed by atoms with Crippen molar-refractivity contribution in [2.24, 2.45) is 0 Å². The molecule has 1 aromatic heterocycles. The van der Waals surface area contributed by atoms with Gasteiger partial charge in [0.15, 0.2) is 5.13 Å². The fourth-order valence-electron chi connectivity index (χ4n) is 4.84. The van der Waals surface area contributed by atoms with Crippen LogP contribution in [0.15, 0.2) is 72.3 Å². The van der Waals surface area contributed by atoms with Gasteiger partial charge in [-0.1, -0.05) is 56.2 Å². The second-order valence-corrected chi connectivity index (χ2v) is 11.1. The van der Waals surface area contributed by atoms with Gasteiger partial charge in [-0.3, -0.25) is 14.5 Å². The van der Waals surface area contributed by atoms with Crippen molar-refractivity contribution >= 4 is 44.1 Å². The predicted molar refractivity (Wildman–Crippen MR) is 163 cm³/mol. The van der Waals surface area contributed by atoms with Gasteiger partial charge in [-0.2, -0.15) is 0 Å². The van der Waals surface area contributed by atoms with E-state index in [0.29, 0.717) is 41.0 Å². The number of unbranched alkanes of at least 4 members (excludes halogenated alkanes) is 2. The fraction of sp³-hybridized carbons (Fsp3) is 0.303. The molecule has 1 atom stereocenters. The van der Waals surface area contributed by atoms with E-state index in [9.17, 15) is 14.7 Å². The molecular formula is C33H34N2O5S. The molecule has 0 saturated carbocycles. The first-order valence-corrected chi connectivity index (χ1v) is 14.9. The van der Waals surface area contributed by atoms with Crippen LogP contribution >= 0.6 is 11.3 Å². The molecule has 1 N–H and O–H groups in total. The molecule has 5 rings (SSSR count). The SMILES string of the molecule is CCCCCOc1ccc(C2C(=C(O)c3ccc(OCCC)cc3)C(=O)C(=O)N2c2nc3ccc(C)cc3s2)cc1. The van der Waals surface area contributed by atoms with E-state index in [4.69, 9.17) is 14.5 Å². The molecular weight excluding hydrogens is 536 g/mol. The highest BCUT2D eigenvalue weighted by molar-refractivity contribution is 7.22. The third kappa shape index (κ3) is 5.98. The highest BCUT2D eigenvalue weighted by Gasteiger charge is 2.48. The third-order valence-corrected chi connectivity index (χ3v) is 8.01. The van der Waals surface area contributed by atoms with E-state index in [1.165, 1.54) is 16.2 Å². The largest absolute Gasteiger partial charge is 0.507 e. The number of benzene rings is 3. The van der Waals surface area contributed by atoms with Gasteiger partial charge < -0.3 is 14.6 Å². The molecule has 0 radical (unpaired) electrons. The monoisotopic (exact) mass is 570 g/mol. The number of ether oxygens (including phenoxy) is 2. The number of carbonyl (C=O) groups is 2. The highest BCUT2D eigenvalue weighted by Crippen LogP contribution is 2.44. The number of aliphatic hydroxyl groups is 1. The molecule has 1 aliphatic rings. The summed E-state index contributed by atoms with van der Waals surface area (Å²) in [6, 6.07) is 19.2. The number of carbonyl (C=O) groups excluding carboxylic acids is 2. The fourth-order valence-corrected chi connectivity index (χ4v) is 5.93. The second kappa shape index (κ2) is 12.6. The van der Waals surface area contributed by atoms with Gasteiger partial charge in [-0.25, -0.2) is 4.98 Å². The number of aryl methyl sites for hydroxylation is 1. The van der Waals surface area contributed by atoms with Crippen LogP contribution in [0.2, 0.25) is 0 Å². The Balaban J connectivity index is 1.57. The molecule has 1 aliphatic heterocycles. The molecule has 8 heteroatoms. The van der Waals surface area contributed by atoms with E-state index < -0.39 is 17.7 Å². The topological polar surface area (TPSA) is 89.0 Å². The van der Waals surface area contributed by atoms with E-state index in [2.05, 4.69) is 6.92 Å². The summed E-state index contributed by atoms with van der Waals surface area (Å²) in [5, 5.41) is 11.9. The van der Waals surface area contributed by atoms with Crippen LogP contribution in [0.25, 0.3) is 16.0 Å². The molecule has 0 bridgehead atoms. The third-order valence-electron chi connectivity index (χ3n) is 7.00. The summed E-state index contributed by atoms with van der Waals surface area (Å²) in [7, 11) is 0. The maximum Gasteiger partial charge on any atom is 0.301 e. The van der Waals surface area contributed by atoms with E-state index in [-0.39, 0.29) is 11.3 Å². The molecule has 0 aliphatic carbocycles. The van der Waals surface area contributed by atoms with Crippen molar-refractivity contribution in [3.05, 3.63) is 89.0 Å². The summed E-state index contributed by atoms with van der Waals surface area (Å²) in [6.45, 7) is 7.37. The number of anilines is 1. The average Bonchev–Trinajstić information content (AvgIpc) is 3.51. The Morgan fingerprint density at radius 1 is 0.902 bits per heavy atom. The van der Waals surface area contributed by atoms with Gasteiger partial charge in [0.05, 0.1) is 35.0 Å². The van der Waals surface area contributed by atoms with Crippen molar-refractivity contribution < 1.29 is 24.2 Å². The minimum absolute atomic E-state index is 0.0178. The Morgan fingerprint density at radius 3 is 2.27 bits per heavy atom. The summed E-state index contributed by atoms with van der Waals surface area (Å²) >= 11 is 1.35. The van der Waals surface area contributed by atoms with Gasteiger partial charge >= 0.3 is 5.91 Å². The normalized spacial score (nSPS) is 16.5. The minimum Gasteiger partial charge on any atom is -0.507 e. The minimum atomic E-state index is -0.859. The molecule has 4 aromatic rings. The van der Waals surface area contributed by atoms with Crippen LogP contribution in [0.1, 0.15) is 62.3 Å². The smallest absolute Gasteiger partial charge is 0.301 e. The molecule has 1 saturated heterocycles. The van der Waals surface area contributed by atoms with E-state index in [1.54, 1.807) is 24.3 Å². The molecule has 0 spiro atoms. The summed E-state index contributed by atoms with van der Waals surface area (Å²) in [4.78, 5) is 33.2. The number of fused-ring (bicyclic) bond motifs is 1. The van der Waals surface area contributed by atoms with Crippen LogP contribution < -0.4 is 14.4 Å². The van der Waals surface area contributed by atoms with Crippen LogP contribution in [0.4, 0.5) is 5.13 Å². The number of aliphatic hydroxyl groups excluding tert-OH is 1. The standard InChI is InChI=1S/C33H34N2O5S/c1-4-6-7-19-40-25-13-9-22(10-14-25)29-28(30(36)23-11-15-24(16-12-23)39-18-5-2)31(37)32(38)35(29)33-34-26-17-8-21(3)20-27(26)41-33/h8-17,20,29,36H,4-7,18-19H2,1-3H3. The molecule has 212 valence electrons. The number of ketones is 1. The summed E-state index contributed by atoms with van der Waals surface area (Å²) < 4.78 is 12.5. The summed E-state index contributed by atoms with van der Waals surface area (Å²) in [5.74, 6) is -0.348. The Bertz CT molecular complexity index is 1570. The molecule has 7 nitrogen and oxygen atoms in total. The van der Waals surface area contributed by atoms with Crippen molar-refractivity contribution in [2.75, 3.05) is 18.1 Å². The quantitative estimate of drug-likeness (QED) is 0.0865. The van der Waals surface area contributed by atoms with Crippen LogP contribution in [0.3, 0.4) is 0 Å². The zero-order chi connectivity index (χ0) is 28.9. The maximum absolute atomic E-state index is 13.6. The molecule has 2 heterocycles. The van der Waals surface area contributed by atoms with Crippen molar-refractivity contribution in [1.29, 1.82) is 0 Å². The maximum atomic E-state index is 13.6. The molecule has 41 heavy (non-hydrogen) atoms. The van der Waals surface area contributed by atoms with Gasteiger partial charge in [-0.15, -0.1) is 0 Å². The first-order chi connectivity index (χ1) is 19.9. The number of nitrogens with zero attached hydrogens (tertiary/aromatic N) is 2. The zero-order valence-electron chi connectivity index (χ0n) is 23.6. The van der Waals surface area contributed by atoms with Crippen LogP contribution in [0, 0.1) is 6.92 Å². The van der Waals surface area contributed by atoms with Crippen molar-refractivity contribution in [1.82, 2.24) is 4.98 Å². The van der Waals surface area contributed by atoms with Gasteiger partial charge in [0.2, 0.25) is 0 Å². The van der Waals surface area contributed by atoms with Crippen molar-refractivity contribution in [2.45, 2.75) is 52.5 Å². The lowest BCUT2D eigenvalue weighted by Gasteiger charge is -2.23. The number of rotatable bonds is 11. The summed E-state index contributed by atoms with van der Waals surface area (Å²) in [6.07, 6.45) is 4.05. The van der Waals surface area contributed by atoms with E-state index in [0.717, 1.165) is 41.5 Å². The van der Waals surface area contributed by atoms with Crippen LogP contribution in [-0.2, 0) is 9.59 Å². The second-order valence-electron chi connectivity index (χ2n) is 10.1. The van der Waals surface area contributed by atoms with Crippen molar-refractivity contribution in [3.63, 3.8) is 0 Å². The van der Waals surface area contributed by atoms with Crippen LogP contribution in [0.5, 0.6) is 11.5 Å². The van der Waals surface area contributed by atoms with Gasteiger partial charge in [0.25, 0.3) is 5.78 Å². The summed E-state index contributed by atoms with van der Waals surface area (Å²) in [5.41, 5.74) is 2.93. The first-order valence-electron chi connectivity index (χ1n) is 14.1. The Morgan fingerprint density at radius 2 is 1.59 bits per heavy atom. The number of aromatic nitrogens is 1. The predicted octanol–water partition coefficient (Wildman–Crippen LogP) is 7.59. The zero-order valence-corrected chi connectivity index (χ0v) is 24.4. The molecule has 1 fully saturated rings. The van der Waals surface area contributed by atoms with Gasteiger partial charge in [0.1, 0.15) is 17.3 Å². The van der Waals surface area contributed by atoms with Crippen LogP contribution in [-0.4, -0.2) is 35.0 Å². The number of hydrogen-bond donors (Lipinski definition) is 1. The van der Waals surface area contributed by atoms with E-state index >= 15 is 0 Å². The lowest BCUT2D eigenvalue weighted by Crippen LogP contribution is -2.29. The van der Waals surface area contributed by atoms with Gasteiger partial charge in [0, 0.05) is 5.56 Å². The molecule has 1 unspecified atom stereocenters. The average molecular weight is 571 g/mol. The number of Topliss-reactive ketones (excluding diaryl/α,β-unsaturated/α-hetero) is 1. The number of thiazole rings is 1. The highest BCUT2D eigenvalue weighted by atomic mass is 32.1. The molecule has 3 aromatic carbocycles. The Hall–Kier alpha value is -4.17. The van der Waals surface area contributed by atoms with Crippen molar-refractivity contribution in [3.8, 4) is 11.5 Å². The molecule has 1 amide bonds. The first kappa shape index (κ1) is 28.4. The van der Waals surface area contributed by atoms with E-state index in [1.807, 2.05) is 56.3 Å². The Kier molecular flexibility index (Phi) is 8.69. The lowest BCUT2D eigenvalue weighted by atomic mass is 9.95.